The summed E-state index contributed by atoms with van der Waals surface area (Å²) < 4.78 is 23.1. The Bertz CT molecular complexity index is 1030. The van der Waals surface area contributed by atoms with Gasteiger partial charge in [0.05, 0.1) is 30.5 Å². The van der Waals surface area contributed by atoms with Gasteiger partial charge in [0.15, 0.2) is 0 Å². The number of ether oxygens (including phenoxy) is 1. The first-order valence-electron chi connectivity index (χ1n) is 9.66. The van der Waals surface area contributed by atoms with Crippen molar-refractivity contribution >= 4 is 40.3 Å². The Hall–Kier alpha value is -2.31. The van der Waals surface area contributed by atoms with Gasteiger partial charge in [-0.25, -0.2) is 0 Å². The van der Waals surface area contributed by atoms with Crippen LogP contribution in [-0.2, 0) is 25.3 Å². The van der Waals surface area contributed by atoms with Gasteiger partial charge in [-0.2, -0.15) is 0 Å². The first-order chi connectivity index (χ1) is 13.2. The Balaban J connectivity index is 1.73. The highest BCUT2D eigenvalue weighted by molar-refractivity contribution is 6.62. The lowest BCUT2D eigenvalue weighted by Crippen LogP contribution is -2.41. The topological polar surface area (TPSA) is 57.9 Å². The zero-order chi connectivity index (χ0) is 20.1. The molecular weight excluding hydrogens is 355 g/mol. The molecule has 0 aliphatic carbocycles. The maximum Gasteiger partial charge on any atom is 0.494 e. The number of hydrogen-bond acceptors (Lipinski definition) is 5. The molecule has 1 fully saturated rings. The summed E-state index contributed by atoms with van der Waals surface area (Å²) in [6, 6.07) is 10.1. The molecule has 6 heteroatoms. The zero-order valence-corrected chi connectivity index (χ0v) is 17.0. The van der Waals surface area contributed by atoms with Gasteiger partial charge in [0, 0.05) is 10.9 Å². The Morgan fingerprint density at radius 2 is 1.79 bits per heavy atom. The fourth-order valence-corrected chi connectivity index (χ4v) is 3.57. The van der Waals surface area contributed by atoms with Crippen LogP contribution in [0.25, 0.3) is 21.7 Å². The third-order valence-electron chi connectivity index (χ3n) is 5.82. The second-order valence-electron chi connectivity index (χ2n) is 8.25. The molecule has 2 aromatic carbocycles. The van der Waals surface area contributed by atoms with Gasteiger partial charge in [0.1, 0.15) is 5.58 Å². The SMILES string of the molecule is CCOC(=O)Cc1coc2ccc3cc(B4OC(C)(C)C(C)(C)O4)ccc3c12. The third kappa shape index (κ3) is 3.10. The summed E-state index contributed by atoms with van der Waals surface area (Å²) in [6.45, 7) is 10.4. The molecule has 0 bridgehead atoms. The van der Waals surface area contributed by atoms with Crippen molar-refractivity contribution in [2.24, 2.45) is 0 Å². The molecule has 0 N–H and O–H groups in total. The molecule has 146 valence electrons. The Morgan fingerprint density at radius 3 is 2.46 bits per heavy atom. The van der Waals surface area contributed by atoms with Crippen molar-refractivity contribution in [3.63, 3.8) is 0 Å². The van der Waals surface area contributed by atoms with Crippen LogP contribution in [0.2, 0.25) is 0 Å². The second-order valence-corrected chi connectivity index (χ2v) is 8.25. The lowest BCUT2D eigenvalue weighted by Gasteiger charge is -2.32. The highest BCUT2D eigenvalue weighted by Crippen LogP contribution is 2.37. The van der Waals surface area contributed by atoms with Gasteiger partial charge >= 0.3 is 13.1 Å². The maximum atomic E-state index is 11.9. The first-order valence-corrected chi connectivity index (χ1v) is 9.66. The van der Waals surface area contributed by atoms with E-state index in [0.29, 0.717) is 6.61 Å². The number of benzene rings is 2. The van der Waals surface area contributed by atoms with Crippen LogP contribution >= 0.6 is 0 Å². The second kappa shape index (κ2) is 6.64. The average Bonchev–Trinajstić information content (AvgIpc) is 3.12. The molecule has 1 aliphatic heterocycles. The summed E-state index contributed by atoms with van der Waals surface area (Å²) in [5.74, 6) is -0.254. The van der Waals surface area contributed by atoms with Gasteiger partial charge < -0.3 is 18.5 Å². The molecular formula is C22H25BO5. The lowest BCUT2D eigenvalue weighted by molar-refractivity contribution is -0.142. The summed E-state index contributed by atoms with van der Waals surface area (Å²) in [7, 11) is -0.409. The van der Waals surface area contributed by atoms with Crippen molar-refractivity contribution in [3.8, 4) is 0 Å². The van der Waals surface area contributed by atoms with Crippen molar-refractivity contribution < 1.29 is 23.3 Å². The van der Waals surface area contributed by atoms with E-state index in [-0.39, 0.29) is 23.6 Å². The molecule has 0 spiro atoms. The molecule has 28 heavy (non-hydrogen) atoms. The van der Waals surface area contributed by atoms with Gasteiger partial charge in [-0.3, -0.25) is 4.79 Å². The number of esters is 1. The van der Waals surface area contributed by atoms with E-state index < -0.39 is 7.12 Å². The fraction of sp³-hybridized carbons (Fsp3) is 0.409. The summed E-state index contributed by atoms with van der Waals surface area (Å²) in [6.07, 6.45) is 1.84. The molecule has 5 nitrogen and oxygen atoms in total. The molecule has 0 radical (unpaired) electrons. The highest BCUT2D eigenvalue weighted by atomic mass is 16.7. The minimum atomic E-state index is -0.409. The van der Waals surface area contributed by atoms with E-state index in [1.165, 1.54) is 0 Å². The van der Waals surface area contributed by atoms with E-state index in [2.05, 4.69) is 6.07 Å². The van der Waals surface area contributed by atoms with Gasteiger partial charge in [-0.05, 0) is 56.9 Å². The normalized spacial score (nSPS) is 18.1. The molecule has 1 aliphatic rings. The molecule has 2 heterocycles. The Kier molecular flexibility index (Phi) is 4.51. The summed E-state index contributed by atoms with van der Waals surface area (Å²) >= 11 is 0. The first kappa shape index (κ1) is 19.0. The van der Waals surface area contributed by atoms with Crippen molar-refractivity contribution in [1.82, 2.24) is 0 Å². The van der Waals surface area contributed by atoms with Crippen LogP contribution < -0.4 is 5.46 Å². The van der Waals surface area contributed by atoms with E-state index in [1.807, 2.05) is 52.0 Å². The van der Waals surface area contributed by atoms with E-state index in [1.54, 1.807) is 13.2 Å². The van der Waals surface area contributed by atoms with Crippen LogP contribution in [0.15, 0.2) is 41.0 Å². The van der Waals surface area contributed by atoms with Crippen LogP contribution in [0.4, 0.5) is 0 Å². The van der Waals surface area contributed by atoms with Gasteiger partial charge in [0.25, 0.3) is 0 Å². The Labute approximate surface area is 165 Å². The van der Waals surface area contributed by atoms with Crippen LogP contribution in [0.5, 0.6) is 0 Å². The maximum absolute atomic E-state index is 11.9. The number of furan rings is 1. The van der Waals surface area contributed by atoms with Crippen molar-refractivity contribution in [2.45, 2.75) is 52.2 Å². The monoisotopic (exact) mass is 380 g/mol. The molecule has 1 aromatic heterocycles. The number of hydrogen-bond donors (Lipinski definition) is 0. The van der Waals surface area contributed by atoms with Crippen LogP contribution in [0, 0.1) is 0 Å². The van der Waals surface area contributed by atoms with Gasteiger partial charge in [0.2, 0.25) is 0 Å². The van der Waals surface area contributed by atoms with Crippen LogP contribution in [-0.4, -0.2) is 30.9 Å². The van der Waals surface area contributed by atoms with Crippen molar-refractivity contribution in [2.75, 3.05) is 6.61 Å². The molecule has 3 aromatic rings. The number of carbonyl (C=O) groups excluding carboxylic acids is 1. The third-order valence-corrected chi connectivity index (χ3v) is 5.82. The predicted molar refractivity (Wildman–Crippen MR) is 110 cm³/mol. The summed E-state index contributed by atoms with van der Waals surface area (Å²) in [5.41, 5.74) is 1.81. The standard InChI is InChI=1S/C22H25BO5/c1-6-25-19(24)12-15-13-26-18-10-7-14-11-16(8-9-17(14)20(15)18)23-27-21(2,3)22(4,5)28-23/h7-11,13H,6,12H2,1-5H3. The minimum Gasteiger partial charge on any atom is -0.466 e. The lowest BCUT2D eigenvalue weighted by atomic mass is 9.78. The highest BCUT2D eigenvalue weighted by Gasteiger charge is 2.51. The van der Waals surface area contributed by atoms with Crippen LogP contribution in [0.3, 0.4) is 0 Å². The Morgan fingerprint density at radius 1 is 1.07 bits per heavy atom. The minimum absolute atomic E-state index is 0.193. The largest absolute Gasteiger partial charge is 0.494 e. The van der Waals surface area contributed by atoms with E-state index in [9.17, 15) is 4.79 Å². The molecule has 0 amide bonds. The van der Waals surface area contributed by atoms with E-state index >= 15 is 0 Å². The predicted octanol–water partition coefficient (Wildman–Crippen LogP) is 3.99. The molecule has 1 saturated heterocycles. The van der Waals surface area contributed by atoms with Crippen LogP contribution in [0.1, 0.15) is 40.2 Å². The summed E-state index contributed by atoms with van der Waals surface area (Å²) in [5, 5.41) is 3.03. The quantitative estimate of drug-likeness (QED) is 0.506. The van der Waals surface area contributed by atoms with E-state index in [4.69, 9.17) is 18.5 Å². The zero-order valence-electron chi connectivity index (χ0n) is 17.0. The molecule has 0 saturated carbocycles. The number of carbonyl (C=O) groups is 1. The van der Waals surface area contributed by atoms with Crippen molar-refractivity contribution in [1.29, 1.82) is 0 Å². The summed E-state index contributed by atoms with van der Waals surface area (Å²) in [4.78, 5) is 11.9. The fourth-order valence-electron chi connectivity index (χ4n) is 3.57. The molecule has 0 atom stereocenters. The average molecular weight is 380 g/mol. The van der Waals surface area contributed by atoms with Gasteiger partial charge in [-0.1, -0.05) is 24.3 Å². The van der Waals surface area contributed by atoms with Crippen molar-refractivity contribution in [3.05, 3.63) is 42.2 Å². The van der Waals surface area contributed by atoms with E-state index in [0.717, 1.165) is 32.8 Å². The van der Waals surface area contributed by atoms with Gasteiger partial charge in [-0.15, -0.1) is 0 Å². The smallest absolute Gasteiger partial charge is 0.466 e. The number of fused-ring (bicyclic) bond motifs is 3. The molecule has 0 unspecified atom stereocenters. The number of rotatable bonds is 4. The molecule has 4 rings (SSSR count).